The number of nitrogens with one attached hydrogen (secondary N) is 1. The van der Waals surface area contributed by atoms with Crippen molar-refractivity contribution in [3.8, 4) is 11.5 Å². The summed E-state index contributed by atoms with van der Waals surface area (Å²) in [6, 6.07) is 5.18. The average molecular weight is 312 g/mol. The van der Waals surface area contributed by atoms with Crippen LogP contribution < -0.4 is 20.5 Å². The number of carbonyl (C=O) groups is 1. The zero-order valence-corrected chi connectivity index (χ0v) is 13.7. The van der Waals surface area contributed by atoms with E-state index in [2.05, 4.69) is 5.32 Å². The van der Waals surface area contributed by atoms with Gasteiger partial charge in [-0.2, -0.15) is 11.8 Å². The lowest BCUT2D eigenvalue weighted by atomic mass is 10.1. The molecule has 0 aliphatic rings. The van der Waals surface area contributed by atoms with Gasteiger partial charge < -0.3 is 20.5 Å². The highest BCUT2D eigenvalue weighted by molar-refractivity contribution is 7.98. The second kappa shape index (κ2) is 9.52. The zero-order chi connectivity index (χ0) is 15.7. The Morgan fingerprint density at radius 3 is 2.76 bits per heavy atom. The molecule has 0 spiro atoms. The van der Waals surface area contributed by atoms with Crippen LogP contribution in [0.5, 0.6) is 11.5 Å². The quantitative estimate of drug-likeness (QED) is 0.722. The Morgan fingerprint density at radius 1 is 1.38 bits per heavy atom. The van der Waals surface area contributed by atoms with Crippen molar-refractivity contribution in [2.24, 2.45) is 5.73 Å². The third kappa shape index (κ3) is 5.85. The standard InChI is InChI=1S/C15H24N2O3S/c1-19-12-4-5-14(20-2)11(10-12)6-8-17-15(18)13(16)7-9-21-3/h4-5,10,13H,6-9,16H2,1-3H3,(H,17,18)/t13-/m0/s1. The Kier molecular flexibility index (Phi) is 8.00. The first kappa shape index (κ1) is 17.7. The first-order valence-corrected chi connectivity index (χ1v) is 8.25. The maximum Gasteiger partial charge on any atom is 0.236 e. The van der Waals surface area contributed by atoms with Gasteiger partial charge in [0.2, 0.25) is 5.91 Å². The van der Waals surface area contributed by atoms with Gasteiger partial charge in [-0.3, -0.25) is 4.79 Å². The Hall–Kier alpha value is -1.40. The third-order valence-corrected chi connectivity index (χ3v) is 3.79. The van der Waals surface area contributed by atoms with E-state index in [1.54, 1.807) is 26.0 Å². The summed E-state index contributed by atoms with van der Waals surface area (Å²) >= 11 is 1.69. The number of rotatable bonds is 9. The summed E-state index contributed by atoms with van der Waals surface area (Å²) in [4.78, 5) is 11.8. The van der Waals surface area contributed by atoms with Crippen LogP contribution in [-0.4, -0.2) is 44.7 Å². The molecule has 1 aromatic carbocycles. The summed E-state index contributed by atoms with van der Waals surface area (Å²) in [6.07, 6.45) is 3.36. The van der Waals surface area contributed by atoms with E-state index < -0.39 is 6.04 Å². The molecule has 0 fully saturated rings. The van der Waals surface area contributed by atoms with Crippen molar-refractivity contribution >= 4 is 17.7 Å². The molecule has 5 nitrogen and oxygen atoms in total. The number of amides is 1. The lowest BCUT2D eigenvalue weighted by Crippen LogP contribution is -2.41. The molecule has 0 heterocycles. The van der Waals surface area contributed by atoms with Gasteiger partial charge in [0.05, 0.1) is 20.3 Å². The molecule has 0 bridgehead atoms. The Labute approximate surface area is 130 Å². The Morgan fingerprint density at radius 2 is 2.14 bits per heavy atom. The van der Waals surface area contributed by atoms with E-state index in [9.17, 15) is 4.79 Å². The van der Waals surface area contributed by atoms with Crippen molar-refractivity contribution in [3.63, 3.8) is 0 Å². The smallest absolute Gasteiger partial charge is 0.236 e. The van der Waals surface area contributed by atoms with E-state index in [-0.39, 0.29) is 5.91 Å². The Bertz CT molecular complexity index is 455. The van der Waals surface area contributed by atoms with Crippen LogP contribution in [-0.2, 0) is 11.2 Å². The molecule has 0 aromatic heterocycles. The van der Waals surface area contributed by atoms with Crippen molar-refractivity contribution in [2.45, 2.75) is 18.9 Å². The second-order valence-electron chi connectivity index (χ2n) is 4.61. The highest BCUT2D eigenvalue weighted by Gasteiger charge is 2.12. The van der Waals surface area contributed by atoms with Gasteiger partial charge in [-0.05, 0) is 48.6 Å². The Balaban J connectivity index is 2.49. The highest BCUT2D eigenvalue weighted by Crippen LogP contribution is 2.24. The van der Waals surface area contributed by atoms with Crippen molar-refractivity contribution in [2.75, 3.05) is 32.8 Å². The van der Waals surface area contributed by atoms with Crippen molar-refractivity contribution < 1.29 is 14.3 Å². The predicted molar refractivity (Wildman–Crippen MR) is 87.2 cm³/mol. The van der Waals surface area contributed by atoms with Gasteiger partial charge in [0.15, 0.2) is 0 Å². The molecule has 0 saturated heterocycles. The minimum Gasteiger partial charge on any atom is -0.497 e. The minimum atomic E-state index is -0.440. The maximum atomic E-state index is 11.8. The fourth-order valence-corrected chi connectivity index (χ4v) is 2.39. The van der Waals surface area contributed by atoms with E-state index in [1.165, 1.54) is 0 Å². The van der Waals surface area contributed by atoms with Crippen LogP contribution in [0, 0.1) is 0 Å². The van der Waals surface area contributed by atoms with Crippen LogP contribution in [0.4, 0.5) is 0 Å². The van der Waals surface area contributed by atoms with Crippen LogP contribution in [0.25, 0.3) is 0 Å². The summed E-state index contributed by atoms with van der Waals surface area (Å²) in [5.74, 6) is 2.34. The molecule has 0 radical (unpaired) electrons. The average Bonchev–Trinajstić information content (AvgIpc) is 2.52. The van der Waals surface area contributed by atoms with Gasteiger partial charge in [0, 0.05) is 6.54 Å². The SMILES string of the molecule is COc1ccc(OC)c(CCNC(=O)[C@@H](N)CCSC)c1. The van der Waals surface area contributed by atoms with E-state index in [1.807, 2.05) is 24.5 Å². The molecular formula is C15H24N2O3S. The van der Waals surface area contributed by atoms with Crippen molar-refractivity contribution in [1.82, 2.24) is 5.32 Å². The van der Waals surface area contributed by atoms with Gasteiger partial charge in [-0.1, -0.05) is 0 Å². The molecule has 118 valence electrons. The lowest BCUT2D eigenvalue weighted by Gasteiger charge is -2.13. The van der Waals surface area contributed by atoms with Crippen LogP contribution in [0.2, 0.25) is 0 Å². The molecule has 0 aliphatic heterocycles. The molecule has 1 amide bonds. The molecule has 1 aromatic rings. The van der Waals surface area contributed by atoms with Crippen LogP contribution in [0.1, 0.15) is 12.0 Å². The number of ether oxygens (including phenoxy) is 2. The largest absolute Gasteiger partial charge is 0.497 e. The van der Waals surface area contributed by atoms with E-state index in [0.29, 0.717) is 19.4 Å². The number of methoxy groups -OCH3 is 2. The fourth-order valence-electron chi connectivity index (χ4n) is 1.90. The lowest BCUT2D eigenvalue weighted by molar-refractivity contribution is -0.122. The van der Waals surface area contributed by atoms with E-state index >= 15 is 0 Å². The zero-order valence-electron chi connectivity index (χ0n) is 12.8. The first-order chi connectivity index (χ1) is 10.1. The molecular weight excluding hydrogens is 288 g/mol. The van der Waals surface area contributed by atoms with Gasteiger partial charge in [-0.15, -0.1) is 0 Å². The monoisotopic (exact) mass is 312 g/mol. The number of thioether (sulfide) groups is 1. The van der Waals surface area contributed by atoms with Crippen molar-refractivity contribution in [1.29, 1.82) is 0 Å². The summed E-state index contributed by atoms with van der Waals surface area (Å²) in [5.41, 5.74) is 6.81. The summed E-state index contributed by atoms with van der Waals surface area (Å²) in [6.45, 7) is 0.523. The van der Waals surface area contributed by atoms with Gasteiger partial charge >= 0.3 is 0 Å². The number of benzene rings is 1. The predicted octanol–water partition coefficient (Wildman–Crippen LogP) is 1.44. The highest BCUT2D eigenvalue weighted by atomic mass is 32.2. The van der Waals surface area contributed by atoms with Gasteiger partial charge in [0.25, 0.3) is 0 Å². The topological polar surface area (TPSA) is 73.6 Å². The molecule has 1 atom stereocenters. The number of nitrogens with two attached hydrogens (primary N) is 1. The van der Waals surface area contributed by atoms with Crippen LogP contribution >= 0.6 is 11.8 Å². The number of carbonyl (C=O) groups excluding carboxylic acids is 1. The van der Waals surface area contributed by atoms with Gasteiger partial charge in [0.1, 0.15) is 11.5 Å². The minimum absolute atomic E-state index is 0.106. The third-order valence-electron chi connectivity index (χ3n) is 3.15. The first-order valence-electron chi connectivity index (χ1n) is 6.85. The number of hydrogen-bond acceptors (Lipinski definition) is 5. The molecule has 0 saturated carbocycles. The fraction of sp³-hybridized carbons (Fsp3) is 0.533. The molecule has 0 aliphatic carbocycles. The molecule has 3 N–H and O–H groups in total. The summed E-state index contributed by atoms with van der Waals surface area (Å²) < 4.78 is 10.5. The normalized spacial score (nSPS) is 11.8. The second-order valence-corrected chi connectivity index (χ2v) is 5.59. The summed E-state index contributed by atoms with van der Waals surface area (Å²) in [7, 11) is 3.25. The summed E-state index contributed by atoms with van der Waals surface area (Å²) in [5, 5.41) is 2.86. The van der Waals surface area contributed by atoms with Gasteiger partial charge in [-0.25, -0.2) is 0 Å². The molecule has 1 rings (SSSR count). The molecule has 21 heavy (non-hydrogen) atoms. The van der Waals surface area contributed by atoms with E-state index in [4.69, 9.17) is 15.2 Å². The van der Waals surface area contributed by atoms with Crippen LogP contribution in [0.3, 0.4) is 0 Å². The van der Waals surface area contributed by atoms with Crippen LogP contribution in [0.15, 0.2) is 18.2 Å². The molecule has 0 unspecified atom stereocenters. The van der Waals surface area contributed by atoms with Crippen molar-refractivity contribution in [3.05, 3.63) is 23.8 Å². The van der Waals surface area contributed by atoms with E-state index in [0.717, 1.165) is 22.8 Å². The number of hydrogen-bond donors (Lipinski definition) is 2. The molecule has 6 heteroatoms. The maximum absolute atomic E-state index is 11.8.